The van der Waals surface area contributed by atoms with Crippen LogP contribution in [0.5, 0.6) is 5.75 Å². The normalized spacial score (nSPS) is 14.3. The van der Waals surface area contributed by atoms with Gasteiger partial charge >= 0.3 is 0 Å². The molecule has 0 aromatic heterocycles. The molecule has 0 spiro atoms. The molecule has 0 aliphatic heterocycles. The van der Waals surface area contributed by atoms with E-state index in [-0.39, 0.29) is 6.04 Å². The van der Waals surface area contributed by atoms with Crippen LogP contribution in [-0.2, 0) is 4.74 Å². The number of hydrogen-bond donors (Lipinski definition) is 1. The second-order valence-corrected chi connectivity index (χ2v) is 5.27. The summed E-state index contributed by atoms with van der Waals surface area (Å²) >= 11 is 3.61. The summed E-state index contributed by atoms with van der Waals surface area (Å²) in [4.78, 5) is 0. The van der Waals surface area contributed by atoms with Crippen LogP contribution < -0.4 is 10.1 Å². The highest BCUT2D eigenvalue weighted by molar-refractivity contribution is 9.10. The summed E-state index contributed by atoms with van der Waals surface area (Å²) in [6.45, 7) is 3.01. The molecule has 0 heterocycles. The molecule has 1 rings (SSSR count). The van der Waals surface area contributed by atoms with Crippen molar-refractivity contribution in [2.75, 3.05) is 27.9 Å². The molecule has 0 aliphatic carbocycles. The molecule has 0 bridgehead atoms. The maximum Gasteiger partial charge on any atom is 0.119 e. The third kappa shape index (κ3) is 3.97. The van der Waals surface area contributed by atoms with E-state index >= 15 is 0 Å². The summed E-state index contributed by atoms with van der Waals surface area (Å²) in [6, 6.07) is 6.35. The van der Waals surface area contributed by atoms with Gasteiger partial charge in [0, 0.05) is 24.2 Å². The van der Waals surface area contributed by atoms with Crippen LogP contribution in [0.1, 0.15) is 24.9 Å². The average Bonchev–Trinajstić information content (AvgIpc) is 2.39. The lowest BCUT2D eigenvalue weighted by Gasteiger charge is -2.25. The third-order valence-electron chi connectivity index (χ3n) is 3.20. The smallest absolute Gasteiger partial charge is 0.119 e. The van der Waals surface area contributed by atoms with Crippen molar-refractivity contribution in [2.24, 2.45) is 5.92 Å². The van der Waals surface area contributed by atoms with E-state index in [1.165, 1.54) is 5.56 Å². The monoisotopic (exact) mass is 315 g/mol. The first-order valence-electron chi connectivity index (χ1n) is 6.13. The Bertz CT molecular complexity index is 371. The lowest BCUT2D eigenvalue weighted by Crippen LogP contribution is -2.24. The lowest BCUT2D eigenvalue weighted by atomic mass is 9.92. The summed E-state index contributed by atoms with van der Waals surface area (Å²) in [5, 5.41) is 3.38. The Morgan fingerprint density at radius 2 is 2.06 bits per heavy atom. The zero-order valence-corrected chi connectivity index (χ0v) is 13.1. The Morgan fingerprint density at radius 3 is 2.61 bits per heavy atom. The molecule has 1 aromatic carbocycles. The van der Waals surface area contributed by atoms with Crippen molar-refractivity contribution in [1.82, 2.24) is 5.32 Å². The van der Waals surface area contributed by atoms with Crippen molar-refractivity contribution >= 4 is 15.9 Å². The molecule has 4 heteroatoms. The fourth-order valence-electron chi connectivity index (χ4n) is 2.10. The van der Waals surface area contributed by atoms with E-state index in [1.807, 2.05) is 19.2 Å². The highest BCUT2D eigenvalue weighted by Gasteiger charge is 2.20. The Labute approximate surface area is 118 Å². The van der Waals surface area contributed by atoms with Gasteiger partial charge in [-0.2, -0.15) is 0 Å². The summed E-state index contributed by atoms with van der Waals surface area (Å²) in [6.07, 6.45) is 1.02. The summed E-state index contributed by atoms with van der Waals surface area (Å²) < 4.78 is 11.5. The number of halogens is 1. The molecule has 0 amide bonds. The Hall–Kier alpha value is -0.580. The predicted molar refractivity (Wildman–Crippen MR) is 78.2 cm³/mol. The molecule has 0 saturated heterocycles. The molecule has 102 valence electrons. The van der Waals surface area contributed by atoms with Crippen molar-refractivity contribution < 1.29 is 9.47 Å². The summed E-state index contributed by atoms with van der Waals surface area (Å²) in [5.74, 6) is 1.37. The fourth-order valence-corrected chi connectivity index (χ4v) is 2.60. The number of benzene rings is 1. The minimum absolute atomic E-state index is 0.282. The van der Waals surface area contributed by atoms with Crippen molar-refractivity contribution in [3.63, 3.8) is 0 Å². The molecular formula is C14H22BrNO2. The van der Waals surface area contributed by atoms with Gasteiger partial charge < -0.3 is 14.8 Å². The van der Waals surface area contributed by atoms with Gasteiger partial charge in [-0.05, 0) is 43.1 Å². The molecule has 0 radical (unpaired) electrons. The highest BCUT2D eigenvalue weighted by Crippen LogP contribution is 2.32. The number of methoxy groups -OCH3 is 2. The molecule has 2 atom stereocenters. The van der Waals surface area contributed by atoms with Crippen LogP contribution in [0, 0.1) is 5.92 Å². The quantitative estimate of drug-likeness (QED) is 0.836. The molecule has 0 aliphatic rings. The maximum absolute atomic E-state index is 5.29. The van der Waals surface area contributed by atoms with Crippen LogP contribution in [0.15, 0.2) is 22.7 Å². The van der Waals surface area contributed by atoms with Crippen LogP contribution in [0.3, 0.4) is 0 Å². The van der Waals surface area contributed by atoms with E-state index in [9.17, 15) is 0 Å². The van der Waals surface area contributed by atoms with Gasteiger partial charge in [0.1, 0.15) is 5.75 Å². The number of rotatable bonds is 7. The molecule has 0 saturated carbocycles. The lowest BCUT2D eigenvalue weighted by molar-refractivity contribution is 0.171. The largest absolute Gasteiger partial charge is 0.497 e. The fraction of sp³-hybridized carbons (Fsp3) is 0.571. The van der Waals surface area contributed by atoms with Gasteiger partial charge in [0.05, 0.1) is 7.11 Å². The predicted octanol–water partition coefficient (Wildman–Crippen LogP) is 3.39. The molecule has 2 unspecified atom stereocenters. The summed E-state index contributed by atoms with van der Waals surface area (Å²) in [5.41, 5.74) is 1.22. The van der Waals surface area contributed by atoms with E-state index in [4.69, 9.17) is 9.47 Å². The molecule has 3 nitrogen and oxygen atoms in total. The number of nitrogens with one attached hydrogen (secondary N) is 1. The van der Waals surface area contributed by atoms with E-state index in [1.54, 1.807) is 14.2 Å². The second-order valence-electron chi connectivity index (χ2n) is 4.41. The van der Waals surface area contributed by atoms with E-state index in [0.29, 0.717) is 5.92 Å². The van der Waals surface area contributed by atoms with Gasteiger partial charge in [-0.25, -0.2) is 0 Å². The van der Waals surface area contributed by atoms with Crippen LogP contribution in [0.2, 0.25) is 0 Å². The SMILES string of the molecule is CNC(c1cc(OC)ccc1Br)C(C)CCOC. The van der Waals surface area contributed by atoms with E-state index in [0.717, 1.165) is 23.2 Å². The zero-order chi connectivity index (χ0) is 13.5. The van der Waals surface area contributed by atoms with Gasteiger partial charge in [0.2, 0.25) is 0 Å². The first-order valence-corrected chi connectivity index (χ1v) is 6.93. The third-order valence-corrected chi connectivity index (χ3v) is 3.92. The zero-order valence-electron chi connectivity index (χ0n) is 11.5. The first kappa shape index (κ1) is 15.5. The van der Waals surface area contributed by atoms with Gasteiger partial charge in [-0.3, -0.25) is 0 Å². The van der Waals surface area contributed by atoms with E-state index in [2.05, 4.69) is 34.2 Å². The van der Waals surface area contributed by atoms with Crippen molar-refractivity contribution in [2.45, 2.75) is 19.4 Å². The Kier molecular flexibility index (Phi) is 6.68. The maximum atomic E-state index is 5.29. The molecule has 18 heavy (non-hydrogen) atoms. The Balaban J connectivity index is 2.92. The van der Waals surface area contributed by atoms with E-state index < -0.39 is 0 Å². The average molecular weight is 316 g/mol. The second kappa shape index (κ2) is 7.77. The van der Waals surface area contributed by atoms with Crippen LogP contribution in [0.25, 0.3) is 0 Å². The molecule has 1 N–H and O–H groups in total. The number of hydrogen-bond acceptors (Lipinski definition) is 3. The van der Waals surface area contributed by atoms with Gasteiger partial charge in [-0.15, -0.1) is 0 Å². The van der Waals surface area contributed by atoms with Crippen LogP contribution >= 0.6 is 15.9 Å². The Morgan fingerprint density at radius 1 is 1.33 bits per heavy atom. The van der Waals surface area contributed by atoms with Crippen molar-refractivity contribution in [1.29, 1.82) is 0 Å². The summed E-state index contributed by atoms with van der Waals surface area (Å²) in [7, 11) is 5.41. The van der Waals surface area contributed by atoms with Gasteiger partial charge in [0.25, 0.3) is 0 Å². The topological polar surface area (TPSA) is 30.5 Å². The molecular weight excluding hydrogens is 294 g/mol. The van der Waals surface area contributed by atoms with Crippen LogP contribution in [0.4, 0.5) is 0 Å². The highest BCUT2D eigenvalue weighted by atomic mass is 79.9. The number of ether oxygens (including phenoxy) is 2. The first-order chi connectivity index (χ1) is 8.63. The van der Waals surface area contributed by atoms with Crippen LogP contribution in [-0.4, -0.2) is 27.9 Å². The molecule has 0 fully saturated rings. The van der Waals surface area contributed by atoms with Crippen molar-refractivity contribution in [3.05, 3.63) is 28.2 Å². The van der Waals surface area contributed by atoms with Gasteiger partial charge in [-0.1, -0.05) is 22.9 Å². The van der Waals surface area contributed by atoms with Gasteiger partial charge in [0.15, 0.2) is 0 Å². The minimum Gasteiger partial charge on any atom is -0.497 e. The van der Waals surface area contributed by atoms with Crippen molar-refractivity contribution in [3.8, 4) is 5.75 Å². The minimum atomic E-state index is 0.282. The standard InChI is InChI=1S/C14H22BrNO2/c1-10(7-8-17-3)14(16-2)12-9-11(18-4)5-6-13(12)15/h5-6,9-10,14,16H,7-8H2,1-4H3. The molecule has 1 aromatic rings.